The zero-order valence-corrected chi connectivity index (χ0v) is 12.1. The van der Waals surface area contributed by atoms with Gasteiger partial charge in [0.15, 0.2) is 0 Å². The summed E-state index contributed by atoms with van der Waals surface area (Å²) in [4.78, 5) is 14.6. The van der Waals surface area contributed by atoms with E-state index in [9.17, 15) is 4.79 Å². The van der Waals surface area contributed by atoms with E-state index in [2.05, 4.69) is 31.0 Å². The monoisotopic (exact) mass is 260 g/mol. The topological polar surface area (TPSA) is 32.3 Å². The van der Waals surface area contributed by atoms with Gasteiger partial charge in [0.25, 0.3) is 0 Å². The highest BCUT2D eigenvalue weighted by Crippen LogP contribution is 2.16. The molecule has 1 aromatic rings. The Bertz CT molecular complexity index is 416. The summed E-state index contributed by atoms with van der Waals surface area (Å²) in [5.74, 6) is 0.734. The van der Waals surface area contributed by atoms with Crippen molar-refractivity contribution < 1.29 is 4.79 Å². The second kappa shape index (κ2) is 6.20. The average Bonchev–Trinajstić information content (AvgIpc) is 2.39. The van der Waals surface area contributed by atoms with Crippen molar-refractivity contribution in [2.45, 2.75) is 39.3 Å². The molecule has 0 aliphatic carbocycles. The molecule has 2 atom stereocenters. The zero-order valence-electron chi connectivity index (χ0n) is 12.1. The largest absolute Gasteiger partial charge is 0.336 e. The fraction of sp³-hybridized carbons (Fsp3) is 0.562. The molecule has 1 amide bonds. The van der Waals surface area contributed by atoms with Gasteiger partial charge in [-0.1, -0.05) is 44.2 Å². The summed E-state index contributed by atoms with van der Waals surface area (Å²) >= 11 is 0. The molecule has 0 aromatic heterocycles. The van der Waals surface area contributed by atoms with Gasteiger partial charge < -0.3 is 10.2 Å². The van der Waals surface area contributed by atoms with Crippen molar-refractivity contribution >= 4 is 5.91 Å². The van der Waals surface area contributed by atoms with Crippen LogP contribution < -0.4 is 5.32 Å². The molecule has 104 valence electrons. The number of piperazine rings is 1. The number of carbonyl (C=O) groups excluding carboxylic acids is 1. The lowest BCUT2D eigenvalue weighted by molar-refractivity contribution is -0.135. The number of rotatable bonds is 3. The molecule has 0 spiro atoms. The summed E-state index contributed by atoms with van der Waals surface area (Å²) in [7, 11) is 0. The molecule has 0 radical (unpaired) electrons. The molecule has 1 aliphatic rings. The van der Waals surface area contributed by atoms with Gasteiger partial charge in [-0.25, -0.2) is 0 Å². The maximum Gasteiger partial charge on any atom is 0.227 e. The van der Waals surface area contributed by atoms with Crippen LogP contribution in [0.15, 0.2) is 30.3 Å². The number of benzene rings is 1. The van der Waals surface area contributed by atoms with Gasteiger partial charge in [0.1, 0.15) is 0 Å². The molecule has 3 heteroatoms. The smallest absolute Gasteiger partial charge is 0.227 e. The highest BCUT2D eigenvalue weighted by atomic mass is 16.2. The summed E-state index contributed by atoms with van der Waals surface area (Å²) in [6.45, 7) is 8.23. The van der Waals surface area contributed by atoms with E-state index in [1.54, 1.807) is 0 Å². The quantitative estimate of drug-likeness (QED) is 0.902. The number of hydrogen-bond donors (Lipinski definition) is 1. The summed E-state index contributed by atoms with van der Waals surface area (Å²) < 4.78 is 0. The van der Waals surface area contributed by atoms with E-state index in [0.717, 1.165) is 18.7 Å². The van der Waals surface area contributed by atoms with Crippen LogP contribution in [0.4, 0.5) is 0 Å². The number of carbonyl (C=O) groups is 1. The van der Waals surface area contributed by atoms with Gasteiger partial charge >= 0.3 is 0 Å². The Morgan fingerprint density at radius 1 is 1.37 bits per heavy atom. The van der Waals surface area contributed by atoms with E-state index in [0.29, 0.717) is 24.4 Å². The molecule has 1 aromatic carbocycles. The second-order valence-electron chi connectivity index (χ2n) is 5.83. The van der Waals surface area contributed by atoms with Gasteiger partial charge in [0.05, 0.1) is 6.42 Å². The SMILES string of the molecule is CC1CN(C(=O)Cc2ccccc2)C(C(C)C)CN1. The Balaban J connectivity index is 2.06. The lowest BCUT2D eigenvalue weighted by atomic mass is 9.97. The van der Waals surface area contributed by atoms with Crippen LogP contribution in [0.1, 0.15) is 26.3 Å². The minimum absolute atomic E-state index is 0.248. The van der Waals surface area contributed by atoms with Crippen LogP contribution in [-0.4, -0.2) is 36.0 Å². The van der Waals surface area contributed by atoms with Crippen molar-refractivity contribution in [2.24, 2.45) is 5.92 Å². The molecule has 0 saturated carbocycles. The van der Waals surface area contributed by atoms with Crippen LogP contribution in [0.5, 0.6) is 0 Å². The third kappa shape index (κ3) is 3.57. The zero-order chi connectivity index (χ0) is 13.8. The van der Waals surface area contributed by atoms with Gasteiger partial charge in [-0.15, -0.1) is 0 Å². The molecule has 1 aliphatic heterocycles. The van der Waals surface area contributed by atoms with Crippen LogP contribution in [0.2, 0.25) is 0 Å². The van der Waals surface area contributed by atoms with Gasteiger partial charge in [0, 0.05) is 25.2 Å². The highest BCUT2D eigenvalue weighted by molar-refractivity contribution is 5.79. The van der Waals surface area contributed by atoms with E-state index in [1.807, 2.05) is 30.3 Å². The lowest BCUT2D eigenvalue weighted by Gasteiger charge is -2.41. The van der Waals surface area contributed by atoms with E-state index in [4.69, 9.17) is 0 Å². The molecule has 1 N–H and O–H groups in total. The van der Waals surface area contributed by atoms with Crippen molar-refractivity contribution in [1.29, 1.82) is 0 Å². The Labute approximate surface area is 116 Å². The lowest BCUT2D eigenvalue weighted by Crippen LogP contribution is -2.59. The number of hydrogen-bond acceptors (Lipinski definition) is 2. The predicted molar refractivity (Wildman–Crippen MR) is 77.9 cm³/mol. The fourth-order valence-electron chi connectivity index (χ4n) is 2.68. The molecular formula is C16H24N2O. The number of amides is 1. The maximum atomic E-state index is 12.5. The Hall–Kier alpha value is -1.35. The van der Waals surface area contributed by atoms with Crippen LogP contribution in [0.25, 0.3) is 0 Å². The molecule has 19 heavy (non-hydrogen) atoms. The van der Waals surface area contributed by atoms with Gasteiger partial charge in [-0.2, -0.15) is 0 Å². The minimum Gasteiger partial charge on any atom is -0.336 e. The van der Waals surface area contributed by atoms with Crippen molar-refractivity contribution in [3.63, 3.8) is 0 Å². The summed E-state index contributed by atoms with van der Waals surface area (Å²) in [5.41, 5.74) is 1.10. The number of nitrogens with one attached hydrogen (secondary N) is 1. The van der Waals surface area contributed by atoms with Gasteiger partial charge in [-0.05, 0) is 18.4 Å². The first-order chi connectivity index (χ1) is 9.08. The summed E-state index contributed by atoms with van der Waals surface area (Å²) in [5, 5.41) is 3.47. The van der Waals surface area contributed by atoms with Gasteiger partial charge in [-0.3, -0.25) is 4.79 Å². The molecular weight excluding hydrogens is 236 g/mol. The molecule has 2 rings (SSSR count). The Morgan fingerprint density at radius 2 is 2.05 bits per heavy atom. The van der Waals surface area contributed by atoms with Gasteiger partial charge in [0.2, 0.25) is 5.91 Å². The molecule has 1 saturated heterocycles. The standard InChI is InChI=1S/C16H24N2O/c1-12(2)15-10-17-13(3)11-18(15)16(19)9-14-7-5-4-6-8-14/h4-8,12-13,15,17H,9-11H2,1-3H3. The first-order valence-corrected chi connectivity index (χ1v) is 7.14. The van der Waals surface area contributed by atoms with E-state index in [-0.39, 0.29) is 5.91 Å². The summed E-state index contributed by atoms with van der Waals surface area (Å²) in [6, 6.07) is 10.7. The van der Waals surface area contributed by atoms with E-state index >= 15 is 0 Å². The maximum absolute atomic E-state index is 12.5. The van der Waals surface area contributed by atoms with Crippen molar-refractivity contribution in [3.05, 3.63) is 35.9 Å². The fourth-order valence-corrected chi connectivity index (χ4v) is 2.68. The third-order valence-electron chi connectivity index (χ3n) is 3.83. The molecule has 3 nitrogen and oxygen atoms in total. The molecule has 1 heterocycles. The first-order valence-electron chi connectivity index (χ1n) is 7.14. The van der Waals surface area contributed by atoms with Crippen molar-refractivity contribution in [3.8, 4) is 0 Å². The molecule has 2 unspecified atom stereocenters. The molecule has 0 bridgehead atoms. The summed E-state index contributed by atoms with van der Waals surface area (Å²) in [6.07, 6.45) is 0.511. The van der Waals surface area contributed by atoms with Crippen LogP contribution in [-0.2, 0) is 11.2 Å². The van der Waals surface area contributed by atoms with E-state index < -0.39 is 0 Å². The Morgan fingerprint density at radius 3 is 2.68 bits per heavy atom. The minimum atomic E-state index is 0.248. The van der Waals surface area contributed by atoms with Crippen LogP contribution in [0.3, 0.4) is 0 Å². The Kier molecular flexibility index (Phi) is 4.59. The predicted octanol–water partition coefficient (Wildman–Crippen LogP) is 2.07. The third-order valence-corrected chi connectivity index (χ3v) is 3.83. The average molecular weight is 260 g/mol. The van der Waals surface area contributed by atoms with Crippen LogP contribution in [0, 0.1) is 5.92 Å². The normalized spacial score (nSPS) is 23.7. The van der Waals surface area contributed by atoms with Crippen molar-refractivity contribution in [1.82, 2.24) is 10.2 Å². The second-order valence-corrected chi connectivity index (χ2v) is 5.83. The van der Waals surface area contributed by atoms with Crippen molar-refractivity contribution in [2.75, 3.05) is 13.1 Å². The first kappa shape index (κ1) is 14.1. The molecule has 1 fully saturated rings. The van der Waals surface area contributed by atoms with E-state index in [1.165, 1.54) is 0 Å². The number of nitrogens with zero attached hydrogens (tertiary/aromatic N) is 1. The highest BCUT2D eigenvalue weighted by Gasteiger charge is 2.31. The van der Waals surface area contributed by atoms with Crippen LogP contribution >= 0.6 is 0 Å².